The Kier molecular flexibility index (Phi) is 13.5. The predicted octanol–water partition coefficient (Wildman–Crippen LogP) is 3.87. The number of allylic oxidation sites excluding steroid dienone is 3. The van der Waals surface area contributed by atoms with Crippen LogP contribution in [0.2, 0.25) is 0 Å². The van der Waals surface area contributed by atoms with Crippen molar-refractivity contribution < 1.29 is 9.84 Å². The quantitative estimate of drug-likeness (QED) is 0.378. The van der Waals surface area contributed by atoms with Crippen molar-refractivity contribution in [1.29, 1.82) is 0 Å². The molecule has 3 atom stereocenters. The van der Waals surface area contributed by atoms with Crippen molar-refractivity contribution >= 4 is 11.6 Å². The lowest BCUT2D eigenvalue weighted by molar-refractivity contribution is 0.0640. The number of aliphatic hydroxyl groups excluding tert-OH is 1. The van der Waals surface area contributed by atoms with Crippen LogP contribution in [0, 0.1) is 5.92 Å². The second kappa shape index (κ2) is 14.7. The fraction of sp³-hybridized carbons (Fsp3) is 0.840. The van der Waals surface area contributed by atoms with Gasteiger partial charge in [-0.25, -0.2) is 0 Å². The highest BCUT2D eigenvalue weighted by Crippen LogP contribution is 2.31. The minimum Gasteiger partial charge on any atom is -0.390 e. The van der Waals surface area contributed by atoms with E-state index in [2.05, 4.69) is 69.4 Å². The smallest absolute Gasteiger partial charge is 0.0927 e. The fourth-order valence-corrected chi connectivity index (χ4v) is 5.03. The Bertz CT molecular complexity index is 579. The molecular formula is C25H48ClN3O2. The van der Waals surface area contributed by atoms with Gasteiger partial charge in [-0.05, 0) is 57.5 Å². The maximum atomic E-state index is 10.6. The van der Waals surface area contributed by atoms with Crippen molar-refractivity contribution in [3.63, 3.8) is 0 Å². The third-order valence-corrected chi connectivity index (χ3v) is 6.51. The molecule has 1 aliphatic rings. The number of alkyl halides is 1. The molecule has 1 rings (SSSR count). The lowest BCUT2D eigenvalue weighted by atomic mass is 9.89. The zero-order valence-corrected chi connectivity index (χ0v) is 22.1. The molecule has 0 amide bonds. The summed E-state index contributed by atoms with van der Waals surface area (Å²) in [6.45, 7) is 20.1. The summed E-state index contributed by atoms with van der Waals surface area (Å²) < 4.78 is 5.85. The van der Waals surface area contributed by atoms with Crippen LogP contribution in [0.15, 0.2) is 22.8 Å². The van der Waals surface area contributed by atoms with Crippen LogP contribution in [0.4, 0.5) is 0 Å². The number of likely N-dealkylation sites (N-methyl/N-ethyl adjacent to an activating group) is 3. The lowest BCUT2D eigenvalue weighted by Crippen LogP contribution is -2.44. The van der Waals surface area contributed by atoms with E-state index in [1.807, 2.05) is 0 Å². The molecule has 0 aromatic rings. The second-order valence-corrected chi connectivity index (χ2v) is 10.1. The van der Waals surface area contributed by atoms with Crippen molar-refractivity contribution in [2.24, 2.45) is 5.92 Å². The minimum absolute atomic E-state index is 0.00617. The summed E-state index contributed by atoms with van der Waals surface area (Å²) in [5, 5.41) is 10.6. The lowest BCUT2D eigenvalue weighted by Gasteiger charge is -2.32. The molecule has 0 bridgehead atoms. The normalized spacial score (nSPS) is 19.7. The maximum Gasteiger partial charge on any atom is 0.0927 e. The highest BCUT2D eigenvalue weighted by molar-refractivity contribution is 6.22. The molecule has 0 heterocycles. The van der Waals surface area contributed by atoms with Crippen LogP contribution < -0.4 is 0 Å². The molecule has 6 heteroatoms. The second-order valence-electron chi connectivity index (χ2n) is 9.58. The summed E-state index contributed by atoms with van der Waals surface area (Å²) in [4.78, 5) is 7.00. The van der Waals surface area contributed by atoms with E-state index < -0.39 is 0 Å². The summed E-state index contributed by atoms with van der Waals surface area (Å²) in [5.41, 5.74) is 3.79. The van der Waals surface area contributed by atoms with Gasteiger partial charge in [-0.2, -0.15) is 0 Å². The Balaban J connectivity index is 2.56. The van der Waals surface area contributed by atoms with Crippen LogP contribution in [-0.2, 0) is 4.74 Å². The zero-order valence-electron chi connectivity index (χ0n) is 21.3. The number of hydrogen-bond acceptors (Lipinski definition) is 5. The molecule has 3 unspecified atom stereocenters. The van der Waals surface area contributed by atoms with Crippen molar-refractivity contribution in [3.8, 4) is 0 Å². The van der Waals surface area contributed by atoms with Gasteiger partial charge in [0.15, 0.2) is 0 Å². The Hall–Kier alpha value is -0.430. The average molecular weight is 458 g/mol. The number of halogens is 1. The van der Waals surface area contributed by atoms with Crippen LogP contribution in [-0.4, -0.2) is 104 Å². The maximum absolute atomic E-state index is 10.6. The monoisotopic (exact) mass is 457 g/mol. The van der Waals surface area contributed by atoms with Crippen LogP contribution in [0.5, 0.6) is 0 Å². The van der Waals surface area contributed by atoms with Gasteiger partial charge >= 0.3 is 0 Å². The summed E-state index contributed by atoms with van der Waals surface area (Å²) >= 11 is 6.68. The van der Waals surface area contributed by atoms with Gasteiger partial charge in [0.05, 0.1) is 17.6 Å². The molecule has 0 aromatic carbocycles. The first kappa shape index (κ1) is 28.6. The van der Waals surface area contributed by atoms with Crippen LogP contribution >= 0.6 is 11.6 Å². The highest BCUT2D eigenvalue weighted by atomic mass is 35.5. The van der Waals surface area contributed by atoms with Gasteiger partial charge in [-0.3, -0.25) is 4.90 Å². The van der Waals surface area contributed by atoms with Crippen LogP contribution in [0.3, 0.4) is 0 Å². The summed E-state index contributed by atoms with van der Waals surface area (Å²) in [7, 11) is 3.92. The zero-order chi connectivity index (χ0) is 23.6. The number of ether oxygens (including phenoxy) is 1. The molecular weight excluding hydrogens is 410 g/mol. The average Bonchev–Trinajstić information content (AvgIpc) is 2.68. The van der Waals surface area contributed by atoms with Gasteiger partial charge < -0.3 is 19.6 Å². The molecule has 1 aliphatic carbocycles. The number of methoxy groups -OCH3 is 1. The van der Waals surface area contributed by atoms with E-state index in [0.29, 0.717) is 12.5 Å². The molecule has 0 aromatic heterocycles. The third-order valence-electron chi connectivity index (χ3n) is 6.12. The molecule has 5 nitrogen and oxygen atoms in total. The third kappa shape index (κ3) is 10.4. The first-order valence-electron chi connectivity index (χ1n) is 12.0. The number of rotatable bonds is 15. The molecule has 0 radical (unpaired) electrons. The SMILES string of the molecule is CCN(CCN(C)CC(OC)C1=C(C)C=C(C)CC1Cl)CC(O)CN(CC)CC(C)C. The molecule has 0 fully saturated rings. The molecule has 0 saturated heterocycles. The Morgan fingerprint density at radius 3 is 2.19 bits per heavy atom. The minimum atomic E-state index is -0.322. The summed E-state index contributed by atoms with van der Waals surface area (Å²) in [6, 6.07) is 0. The van der Waals surface area contributed by atoms with E-state index >= 15 is 0 Å². The molecule has 0 spiro atoms. The van der Waals surface area contributed by atoms with Gasteiger partial charge in [0.1, 0.15) is 0 Å². The van der Waals surface area contributed by atoms with Crippen molar-refractivity contribution in [2.45, 2.75) is 65.5 Å². The van der Waals surface area contributed by atoms with Crippen LogP contribution in [0.1, 0.15) is 48.0 Å². The molecule has 0 saturated carbocycles. The summed E-state index contributed by atoms with van der Waals surface area (Å²) in [5.74, 6) is 0.617. The van der Waals surface area contributed by atoms with Crippen LogP contribution in [0.25, 0.3) is 0 Å². The largest absolute Gasteiger partial charge is 0.390 e. The number of nitrogens with zero attached hydrogens (tertiary/aromatic N) is 3. The first-order valence-corrected chi connectivity index (χ1v) is 12.4. The summed E-state index contributed by atoms with van der Waals surface area (Å²) in [6.07, 6.45) is 2.81. The van der Waals surface area contributed by atoms with E-state index in [9.17, 15) is 5.11 Å². The topological polar surface area (TPSA) is 39.2 Å². The Morgan fingerprint density at radius 2 is 1.68 bits per heavy atom. The van der Waals surface area contributed by atoms with Gasteiger partial charge in [0, 0.05) is 46.4 Å². The van der Waals surface area contributed by atoms with E-state index in [0.717, 1.165) is 52.2 Å². The highest BCUT2D eigenvalue weighted by Gasteiger charge is 2.27. The van der Waals surface area contributed by atoms with Crippen molar-refractivity contribution in [3.05, 3.63) is 22.8 Å². The molecule has 1 N–H and O–H groups in total. The Morgan fingerprint density at radius 1 is 1.06 bits per heavy atom. The van der Waals surface area contributed by atoms with Crippen molar-refractivity contribution in [1.82, 2.24) is 14.7 Å². The number of hydrogen-bond donors (Lipinski definition) is 1. The standard InChI is InChI=1S/C25H48ClN3O2/c1-9-28(16-22(30)17-29(10-2)15-19(3)4)12-11-27(7)18-24(31-8)25-21(6)13-20(5)14-23(25)26/h13,19,22-24,30H,9-12,14-18H2,1-8H3. The first-order chi connectivity index (χ1) is 14.6. The van der Waals surface area contributed by atoms with E-state index in [1.54, 1.807) is 7.11 Å². The van der Waals surface area contributed by atoms with Gasteiger partial charge in [-0.1, -0.05) is 39.3 Å². The molecule has 31 heavy (non-hydrogen) atoms. The van der Waals surface area contributed by atoms with Gasteiger partial charge in [0.2, 0.25) is 0 Å². The number of aliphatic hydroxyl groups is 1. The van der Waals surface area contributed by atoms with E-state index in [4.69, 9.17) is 16.3 Å². The Labute approximate surface area is 197 Å². The molecule has 0 aliphatic heterocycles. The van der Waals surface area contributed by atoms with E-state index in [1.165, 1.54) is 16.7 Å². The van der Waals surface area contributed by atoms with Gasteiger partial charge in [0.25, 0.3) is 0 Å². The predicted molar refractivity (Wildman–Crippen MR) is 134 cm³/mol. The van der Waals surface area contributed by atoms with Crippen molar-refractivity contribution in [2.75, 3.05) is 66.5 Å². The van der Waals surface area contributed by atoms with E-state index in [-0.39, 0.29) is 17.6 Å². The molecule has 182 valence electrons. The van der Waals surface area contributed by atoms with Gasteiger partial charge in [-0.15, -0.1) is 11.6 Å². The fourth-order valence-electron chi connectivity index (χ4n) is 4.47.